The third-order valence-electron chi connectivity index (χ3n) is 4.75. The van der Waals surface area contributed by atoms with Crippen LogP contribution in [0, 0.1) is 5.82 Å². The Labute approximate surface area is 145 Å². The number of rotatable bonds is 4. The Morgan fingerprint density at radius 2 is 1.68 bits per heavy atom. The van der Waals surface area contributed by atoms with Crippen molar-refractivity contribution in [1.29, 1.82) is 0 Å². The highest BCUT2D eigenvalue weighted by Crippen LogP contribution is 2.37. The Morgan fingerprint density at radius 3 is 2.24 bits per heavy atom. The van der Waals surface area contributed by atoms with Gasteiger partial charge in [0.2, 0.25) is 10.0 Å². The highest BCUT2D eigenvalue weighted by atomic mass is 32.2. The van der Waals surface area contributed by atoms with Crippen LogP contribution in [0.15, 0.2) is 59.5 Å². The van der Waals surface area contributed by atoms with Gasteiger partial charge in [-0.15, -0.1) is 0 Å². The maximum Gasteiger partial charge on any atom is 0.314 e. The minimum Gasteiger partial charge on any atom is -0.481 e. The average molecular weight is 363 g/mol. The molecule has 1 N–H and O–H groups in total. The number of carboxylic acid groups (broad SMARTS) is 1. The van der Waals surface area contributed by atoms with Crippen LogP contribution in [0.2, 0.25) is 0 Å². The van der Waals surface area contributed by atoms with E-state index < -0.39 is 27.2 Å². The fourth-order valence-corrected chi connectivity index (χ4v) is 4.74. The van der Waals surface area contributed by atoms with Gasteiger partial charge in [-0.25, -0.2) is 12.8 Å². The second-order valence-corrected chi connectivity index (χ2v) is 8.05. The second kappa shape index (κ2) is 6.57. The predicted octanol–water partition coefficient (Wildman–Crippen LogP) is 2.63. The molecule has 7 heteroatoms. The topological polar surface area (TPSA) is 74.7 Å². The van der Waals surface area contributed by atoms with Crippen molar-refractivity contribution in [2.75, 3.05) is 13.1 Å². The monoisotopic (exact) mass is 363 g/mol. The summed E-state index contributed by atoms with van der Waals surface area (Å²) in [7, 11) is -3.84. The van der Waals surface area contributed by atoms with Gasteiger partial charge in [-0.3, -0.25) is 4.79 Å². The fraction of sp³-hybridized carbons (Fsp3) is 0.278. The number of hydrogen-bond acceptors (Lipinski definition) is 3. The number of carboxylic acids is 1. The first-order valence-electron chi connectivity index (χ1n) is 7.91. The van der Waals surface area contributed by atoms with Gasteiger partial charge in [0.1, 0.15) is 5.82 Å². The first-order valence-corrected chi connectivity index (χ1v) is 9.35. The summed E-state index contributed by atoms with van der Waals surface area (Å²) in [4.78, 5) is 11.8. The van der Waals surface area contributed by atoms with Gasteiger partial charge in [0.05, 0.1) is 10.3 Å². The number of benzene rings is 2. The summed E-state index contributed by atoms with van der Waals surface area (Å²) in [5.41, 5.74) is -0.430. The molecule has 3 rings (SSSR count). The third-order valence-corrected chi connectivity index (χ3v) is 6.64. The van der Waals surface area contributed by atoms with Crippen LogP contribution in [0.3, 0.4) is 0 Å². The molecule has 2 aromatic carbocycles. The van der Waals surface area contributed by atoms with E-state index in [1.54, 1.807) is 24.3 Å². The molecule has 5 nitrogen and oxygen atoms in total. The zero-order valence-corrected chi connectivity index (χ0v) is 14.2. The van der Waals surface area contributed by atoms with E-state index in [2.05, 4.69) is 0 Å². The van der Waals surface area contributed by atoms with Crippen molar-refractivity contribution in [3.05, 3.63) is 66.0 Å². The molecule has 1 saturated heterocycles. The quantitative estimate of drug-likeness (QED) is 0.906. The molecule has 0 radical (unpaired) electrons. The van der Waals surface area contributed by atoms with Crippen LogP contribution in [-0.4, -0.2) is 36.9 Å². The Morgan fingerprint density at radius 1 is 1.04 bits per heavy atom. The first-order chi connectivity index (χ1) is 11.9. The highest BCUT2D eigenvalue weighted by Gasteiger charge is 2.45. The molecule has 1 fully saturated rings. The Bertz CT molecular complexity index is 875. The molecule has 0 aromatic heterocycles. The van der Waals surface area contributed by atoms with Gasteiger partial charge in [-0.05, 0) is 36.6 Å². The molecular formula is C18H18FNO4S. The van der Waals surface area contributed by atoms with Crippen molar-refractivity contribution >= 4 is 16.0 Å². The van der Waals surface area contributed by atoms with E-state index >= 15 is 0 Å². The number of hydrogen-bond donors (Lipinski definition) is 1. The van der Waals surface area contributed by atoms with E-state index in [0.29, 0.717) is 5.56 Å². The predicted molar refractivity (Wildman–Crippen MR) is 90.1 cm³/mol. The minimum absolute atomic E-state index is 0.0695. The zero-order chi connectivity index (χ0) is 18.1. The van der Waals surface area contributed by atoms with Crippen LogP contribution in [0.25, 0.3) is 0 Å². The summed E-state index contributed by atoms with van der Waals surface area (Å²) in [5, 5.41) is 9.77. The van der Waals surface area contributed by atoms with E-state index in [1.165, 1.54) is 22.5 Å². The van der Waals surface area contributed by atoms with E-state index in [0.717, 1.165) is 6.07 Å². The SMILES string of the molecule is O=C(O)C1(c2ccccc2)CCN(S(=O)(=O)c2cccc(F)c2)CC1. The summed E-state index contributed by atoms with van der Waals surface area (Å²) in [6.07, 6.45) is 0.335. The van der Waals surface area contributed by atoms with Crippen LogP contribution in [-0.2, 0) is 20.2 Å². The Kier molecular flexibility index (Phi) is 4.62. The summed E-state index contributed by atoms with van der Waals surface area (Å²) in [5.74, 6) is -1.58. The van der Waals surface area contributed by atoms with Gasteiger partial charge >= 0.3 is 5.97 Å². The van der Waals surface area contributed by atoms with Crippen LogP contribution in [0.5, 0.6) is 0 Å². The molecule has 1 aliphatic rings. The van der Waals surface area contributed by atoms with Gasteiger partial charge in [-0.1, -0.05) is 36.4 Å². The first kappa shape index (κ1) is 17.6. The van der Waals surface area contributed by atoms with Gasteiger partial charge in [0.25, 0.3) is 0 Å². The minimum atomic E-state index is -3.84. The lowest BCUT2D eigenvalue weighted by molar-refractivity contribution is -0.145. The lowest BCUT2D eigenvalue weighted by Crippen LogP contribution is -2.49. The van der Waals surface area contributed by atoms with Crippen LogP contribution < -0.4 is 0 Å². The zero-order valence-electron chi connectivity index (χ0n) is 13.4. The lowest BCUT2D eigenvalue weighted by atomic mass is 9.73. The molecule has 132 valence electrons. The molecular weight excluding hydrogens is 345 g/mol. The number of sulfonamides is 1. The largest absolute Gasteiger partial charge is 0.481 e. The summed E-state index contributed by atoms with van der Waals surface area (Å²) in [6, 6.07) is 13.7. The Balaban J connectivity index is 1.86. The molecule has 1 aliphatic heterocycles. The lowest BCUT2D eigenvalue weighted by Gasteiger charge is -2.38. The maximum absolute atomic E-state index is 13.4. The summed E-state index contributed by atoms with van der Waals surface area (Å²) < 4.78 is 39.9. The molecule has 25 heavy (non-hydrogen) atoms. The molecule has 0 spiro atoms. The van der Waals surface area contributed by atoms with Crippen molar-refractivity contribution in [1.82, 2.24) is 4.31 Å². The maximum atomic E-state index is 13.4. The van der Waals surface area contributed by atoms with Crippen LogP contribution in [0.1, 0.15) is 18.4 Å². The average Bonchev–Trinajstić information content (AvgIpc) is 2.62. The van der Waals surface area contributed by atoms with Gasteiger partial charge < -0.3 is 5.11 Å². The molecule has 0 amide bonds. The normalized spacial score (nSPS) is 18.0. The van der Waals surface area contributed by atoms with Gasteiger partial charge in [-0.2, -0.15) is 4.31 Å². The fourth-order valence-electron chi connectivity index (χ4n) is 3.27. The van der Waals surface area contributed by atoms with Crippen LogP contribution >= 0.6 is 0 Å². The molecule has 0 atom stereocenters. The van der Waals surface area contributed by atoms with E-state index in [4.69, 9.17) is 0 Å². The number of halogens is 1. The smallest absolute Gasteiger partial charge is 0.314 e. The molecule has 0 saturated carbocycles. The van der Waals surface area contributed by atoms with Crippen molar-refractivity contribution in [2.24, 2.45) is 0 Å². The number of aliphatic carboxylic acids is 1. The van der Waals surface area contributed by atoms with Crippen LogP contribution in [0.4, 0.5) is 4.39 Å². The standard InChI is InChI=1S/C18H18FNO4S/c19-15-7-4-8-16(13-15)25(23,24)20-11-9-18(10-12-20,17(21)22)14-5-2-1-3-6-14/h1-8,13H,9-12H2,(H,21,22). The molecule has 0 unspecified atom stereocenters. The number of carbonyl (C=O) groups is 1. The molecule has 0 aliphatic carbocycles. The third kappa shape index (κ3) is 3.17. The summed E-state index contributed by atoms with van der Waals surface area (Å²) in [6.45, 7) is 0.139. The van der Waals surface area contributed by atoms with Gasteiger partial charge in [0, 0.05) is 13.1 Å². The van der Waals surface area contributed by atoms with Crippen molar-refractivity contribution < 1.29 is 22.7 Å². The molecule has 1 heterocycles. The van der Waals surface area contributed by atoms with Crippen molar-refractivity contribution in [3.63, 3.8) is 0 Å². The van der Waals surface area contributed by atoms with Gasteiger partial charge in [0.15, 0.2) is 0 Å². The van der Waals surface area contributed by atoms with E-state index in [9.17, 15) is 22.7 Å². The van der Waals surface area contributed by atoms with Crippen molar-refractivity contribution in [3.8, 4) is 0 Å². The second-order valence-electron chi connectivity index (χ2n) is 6.11. The highest BCUT2D eigenvalue weighted by molar-refractivity contribution is 7.89. The molecule has 2 aromatic rings. The Hall–Kier alpha value is -2.25. The van der Waals surface area contributed by atoms with E-state index in [-0.39, 0.29) is 30.8 Å². The van der Waals surface area contributed by atoms with E-state index in [1.807, 2.05) is 6.07 Å². The molecule has 0 bridgehead atoms. The summed E-state index contributed by atoms with van der Waals surface area (Å²) >= 11 is 0. The number of nitrogens with zero attached hydrogens (tertiary/aromatic N) is 1. The van der Waals surface area contributed by atoms with Crippen molar-refractivity contribution in [2.45, 2.75) is 23.2 Å². The number of piperidine rings is 1.